The van der Waals surface area contributed by atoms with Gasteiger partial charge in [0.2, 0.25) is 11.8 Å². The van der Waals surface area contributed by atoms with Crippen LogP contribution in [0.15, 0.2) is 67.0 Å². The van der Waals surface area contributed by atoms with Crippen LogP contribution in [0.2, 0.25) is 5.02 Å². The molecular formula is C45H42ClN7O5. The summed E-state index contributed by atoms with van der Waals surface area (Å²) in [6, 6.07) is 16.5. The number of halogens is 1. The van der Waals surface area contributed by atoms with E-state index in [0.29, 0.717) is 41.1 Å². The van der Waals surface area contributed by atoms with Crippen LogP contribution in [0.5, 0.6) is 0 Å². The SMILES string of the molecule is CNC(=O)c1c[nH]c2c(C(C)C)cc(N3CCCc4cc(-c5ccc(C(=O)NCCC#Cc6cccc7c6CN(C6CCC(=O)NC6=O)C7=O)nc5)c(Cl)cc43)cc12. The number of carbonyl (C=O) groups excluding carboxylic acids is 5. The molecule has 58 heavy (non-hydrogen) atoms. The zero-order chi connectivity index (χ0) is 40.7. The molecule has 5 heterocycles. The number of piperidine rings is 1. The van der Waals surface area contributed by atoms with Crippen molar-refractivity contribution in [2.45, 2.75) is 64.5 Å². The molecule has 12 nitrogen and oxygen atoms in total. The van der Waals surface area contributed by atoms with E-state index >= 15 is 0 Å². The number of rotatable bonds is 8. The van der Waals surface area contributed by atoms with Crippen molar-refractivity contribution in [1.29, 1.82) is 0 Å². The molecule has 0 spiro atoms. The van der Waals surface area contributed by atoms with Crippen LogP contribution in [0.4, 0.5) is 11.4 Å². The first-order valence-electron chi connectivity index (χ1n) is 19.5. The molecule has 4 N–H and O–H groups in total. The molecule has 13 heteroatoms. The molecule has 5 aromatic rings. The van der Waals surface area contributed by atoms with Crippen LogP contribution in [0.25, 0.3) is 22.0 Å². The van der Waals surface area contributed by atoms with Gasteiger partial charge >= 0.3 is 0 Å². The first kappa shape index (κ1) is 38.4. The van der Waals surface area contributed by atoms with E-state index in [2.05, 4.69) is 74.7 Å². The Balaban J connectivity index is 0.926. The summed E-state index contributed by atoms with van der Waals surface area (Å²) in [5.74, 6) is 4.95. The van der Waals surface area contributed by atoms with Crippen molar-refractivity contribution in [3.05, 3.63) is 111 Å². The molecule has 3 aliphatic heterocycles. The van der Waals surface area contributed by atoms with Crippen LogP contribution in [0.1, 0.15) is 98.9 Å². The molecule has 8 rings (SSSR count). The minimum atomic E-state index is -0.694. The van der Waals surface area contributed by atoms with Crippen molar-refractivity contribution in [2.75, 3.05) is 25.0 Å². The molecule has 3 aliphatic rings. The van der Waals surface area contributed by atoms with Gasteiger partial charge < -0.3 is 25.4 Å². The van der Waals surface area contributed by atoms with Gasteiger partial charge in [-0.1, -0.05) is 49.4 Å². The van der Waals surface area contributed by atoms with Crippen molar-refractivity contribution < 1.29 is 24.0 Å². The maximum Gasteiger partial charge on any atom is 0.269 e. The van der Waals surface area contributed by atoms with Crippen LogP contribution in [0, 0.1) is 11.8 Å². The highest BCUT2D eigenvalue weighted by Crippen LogP contribution is 2.42. The summed E-state index contributed by atoms with van der Waals surface area (Å²) in [6.45, 7) is 5.64. The third kappa shape index (κ3) is 7.18. The molecule has 294 valence electrons. The van der Waals surface area contributed by atoms with E-state index < -0.39 is 11.9 Å². The first-order chi connectivity index (χ1) is 28.0. The molecule has 1 atom stereocenters. The molecule has 1 unspecified atom stereocenters. The lowest BCUT2D eigenvalue weighted by Gasteiger charge is -2.33. The Morgan fingerprint density at radius 1 is 1.03 bits per heavy atom. The standard InChI is InChI=1S/C45H42ClN7O5/c1-25(2)31-19-29(20-33-34(42(55)47-3)23-50-41(31)33)52-17-7-10-27-18-32(36(46)21-39(27)52)28-12-13-37(49-22-28)43(56)48-16-5-4-8-26-9-6-11-30-35(26)24-53(45(30)58)38-14-15-40(54)51-44(38)57/h6,9,11-13,18-23,25,38,50H,5,7,10,14-17,24H2,1-3H3,(H,47,55)(H,48,56)(H,51,54,57). The highest BCUT2D eigenvalue weighted by atomic mass is 35.5. The number of nitrogens with zero attached hydrogens (tertiary/aromatic N) is 3. The second kappa shape index (κ2) is 15.8. The molecule has 0 aliphatic carbocycles. The molecule has 0 saturated carbocycles. The number of benzene rings is 3. The van der Waals surface area contributed by atoms with Gasteiger partial charge in [-0.3, -0.25) is 34.3 Å². The fourth-order valence-electron chi connectivity index (χ4n) is 8.15. The van der Waals surface area contributed by atoms with Gasteiger partial charge in [-0.2, -0.15) is 0 Å². The molecule has 3 aromatic carbocycles. The van der Waals surface area contributed by atoms with Crippen molar-refractivity contribution in [2.24, 2.45) is 0 Å². The van der Waals surface area contributed by atoms with Gasteiger partial charge in [0.05, 0.1) is 10.6 Å². The molecule has 5 amide bonds. The smallest absolute Gasteiger partial charge is 0.269 e. The highest BCUT2D eigenvalue weighted by Gasteiger charge is 2.39. The maximum atomic E-state index is 13.1. The third-order valence-corrected chi connectivity index (χ3v) is 11.5. The summed E-state index contributed by atoms with van der Waals surface area (Å²) >= 11 is 6.98. The fraction of sp³-hybridized carbons (Fsp3) is 0.289. The minimum absolute atomic E-state index is 0.137. The number of hydrogen-bond donors (Lipinski definition) is 4. The summed E-state index contributed by atoms with van der Waals surface area (Å²) in [4.78, 5) is 74.5. The Morgan fingerprint density at radius 3 is 2.64 bits per heavy atom. The molecule has 1 saturated heterocycles. The molecule has 2 aromatic heterocycles. The minimum Gasteiger partial charge on any atom is -0.360 e. The third-order valence-electron chi connectivity index (χ3n) is 11.1. The zero-order valence-electron chi connectivity index (χ0n) is 32.4. The van der Waals surface area contributed by atoms with Gasteiger partial charge in [-0.25, -0.2) is 0 Å². The molecule has 0 radical (unpaired) electrons. The number of fused-ring (bicyclic) bond motifs is 3. The molecule has 1 fully saturated rings. The lowest BCUT2D eigenvalue weighted by molar-refractivity contribution is -0.136. The lowest BCUT2D eigenvalue weighted by atomic mass is 9.94. The van der Waals surface area contributed by atoms with Gasteiger partial charge in [-0.15, -0.1) is 0 Å². The summed E-state index contributed by atoms with van der Waals surface area (Å²) in [6.07, 6.45) is 6.11. The quantitative estimate of drug-likeness (QED) is 0.0807. The number of H-pyrrole nitrogens is 1. The van der Waals surface area contributed by atoms with Crippen LogP contribution < -0.4 is 20.9 Å². The maximum absolute atomic E-state index is 13.1. The van der Waals surface area contributed by atoms with Crippen LogP contribution >= 0.6 is 11.6 Å². The van der Waals surface area contributed by atoms with E-state index in [1.54, 1.807) is 37.6 Å². The second-order valence-electron chi connectivity index (χ2n) is 15.1. The van der Waals surface area contributed by atoms with E-state index in [0.717, 1.165) is 69.5 Å². The van der Waals surface area contributed by atoms with E-state index in [9.17, 15) is 24.0 Å². The number of imide groups is 1. The highest BCUT2D eigenvalue weighted by molar-refractivity contribution is 6.33. The van der Waals surface area contributed by atoms with E-state index in [1.807, 2.05) is 18.2 Å². The summed E-state index contributed by atoms with van der Waals surface area (Å²) in [7, 11) is 1.64. The van der Waals surface area contributed by atoms with E-state index in [-0.39, 0.29) is 48.2 Å². The van der Waals surface area contributed by atoms with Gasteiger partial charge in [0.15, 0.2) is 0 Å². The Labute approximate surface area is 340 Å². The van der Waals surface area contributed by atoms with Crippen LogP contribution in [-0.4, -0.2) is 70.6 Å². The van der Waals surface area contributed by atoms with Crippen molar-refractivity contribution in [3.8, 4) is 23.0 Å². The summed E-state index contributed by atoms with van der Waals surface area (Å²) in [5.41, 5.74) is 9.73. The summed E-state index contributed by atoms with van der Waals surface area (Å²) < 4.78 is 0. The number of carbonyl (C=O) groups is 5. The largest absolute Gasteiger partial charge is 0.360 e. The second-order valence-corrected chi connectivity index (χ2v) is 15.5. The first-order valence-corrected chi connectivity index (χ1v) is 19.9. The topological polar surface area (TPSA) is 157 Å². The van der Waals surface area contributed by atoms with Gasteiger partial charge in [0.1, 0.15) is 11.7 Å². The number of pyridine rings is 1. The molecular weight excluding hydrogens is 754 g/mol. The van der Waals surface area contributed by atoms with Gasteiger partial charge in [0.25, 0.3) is 17.7 Å². The van der Waals surface area contributed by atoms with Crippen LogP contribution in [-0.2, 0) is 22.6 Å². The number of hydrogen-bond acceptors (Lipinski definition) is 7. The number of aromatic amines is 1. The van der Waals surface area contributed by atoms with Gasteiger partial charge in [-0.05, 0) is 84.3 Å². The summed E-state index contributed by atoms with van der Waals surface area (Å²) in [5, 5.41) is 9.40. The van der Waals surface area contributed by atoms with E-state index in [4.69, 9.17) is 11.6 Å². The normalized spacial score (nSPS) is 16.2. The lowest BCUT2D eigenvalue weighted by Crippen LogP contribution is -2.52. The van der Waals surface area contributed by atoms with Crippen molar-refractivity contribution in [3.63, 3.8) is 0 Å². The number of aryl methyl sites for hydroxylation is 1. The Morgan fingerprint density at radius 2 is 1.88 bits per heavy atom. The monoisotopic (exact) mass is 795 g/mol. The Hall–Kier alpha value is -6.45. The fourth-order valence-corrected chi connectivity index (χ4v) is 8.42. The van der Waals surface area contributed by atoms with Crippen molar-refractivity contribution >= 4 is 63.4 Å². The number of aromatic nitrogens is 2. The molecule has 0 bridgehead atoms. The Kier molecular flexibility index (Phi) is 10.5. The average molecular weight is 796 g/mol. The van der Waals surface area contributed by atoms with Crippen molar-refractivity contribution in [1.82, 2.24) is 30.8 Å². The predicted octanol–water partition coefficient (Wildman–Crippen LogP) is 6.38. The predicted molar refractivity (Wildman–Crippen MR) is 222 cm³/mol. The zero-order valence-corrected chi connectivity index (χ0v) is 33.2. The number of nitrogens with one attached hydrogen (secondary N) is 4. The number of anilines is 2. The van der Waals surface area contributed by atoms with Gasteiger partial charge in [0, 0.05) is 96.4 Å². The van der Waals surface area contributed by atoms with Crippen LogP contribution in [0.3, 0.4) is 0 Å². The Bertz CT molecular complexity index is 2590. The van der Waals surface area contributed by atoms with E-state index in [1.165, 1.54) is 4.90 Å². The number of amides is 5. The average Bonchev–Trinajstić information content (AvgIpc) is 3.80.